The normalized spacial score (nSPS) is 12.2. The van der Waals surface area contributed by atoms with Gasteiger partial charge in [0.05, 0.1) is 11.4 Å². The van der Waals surface area contributed by atoms with Gasteiger partial charge in [-0.1, -0.05) is 137 Å². The molecule has 0 saturated carbocycles. The molecular formula is C58H44N2S2. The number of nitrogens with zero attached hydrogens (tertiary/aromatic N) is 2. The molecule has 0 unspecified atom stereocenters. The first-order valence-corrected chi connectivity index (χ1v) is 23.4. The second-order valence-electron chi connectivity index (χ2n) is 17.2. The van der Waals surface area contributed by atoms with E-state index in [1.54, 1.807) is 0 Å². The molecule has 0 aliphatic rings. The number of para-hydroxylation sites is 2. The van der Waals surface area contributed by atoms with Gasteiger partial charge in [-0.05, 0) is 117 Å². The first kappa shape index (κ1) is 37.1. The van der Waals surface area contributed by atoms with Gasteiger partial charge >= 0.3 is 0 Å². The molecule has 0 atom stereocenters. The predicted octanol–water partition coefficient (Wildman–Crippen LogP) is 18.5. The maximum atomic E-state index is 2.50. The molecule has 12 rings (SSSR count). The van der Waals surface area contributed by atoms with Crippen LogP contribution in [0.2, 0.25) is 0 Å². The van der Waals surface area contributed by atoms with Gasteiger partial charge in [0.15, 0.2) is 0 Å². The van der Waals surface area contributed by atoms with Crippen molar-refractivity contribution in [1.82, 2.24) is 0 Å². The zero-order chi connectivity index (χ0) is 41.6. The molecule has 0 spiro atoms. The van der Waals surface area contributed by atoms with Crippen LogP contribution in [0, 0.1) is 0 Å². The van der Waals surface area contributed by atoms with Crippen LogP contribution in [0.15, 0.2) is 182 Å². The number of hydrogen-bond donors (Lipinski definition) is 0. The largest absolute Gasteiger partial charge is 0.310 e. The summed E-state index contributed by atoms with van der Waals surface area (Å²) in [4.78, 5) is 5.00. The molecule has 0 radical (unpaired) electrons. The van der Waals surface area contributed by atoms with Gasteiger partial charge in [-0.3, -0.25) is 0 Å². The second-order valence-corrected chi connectivity index (χ2v) is 19.4. The summed E-state index contributed by atoms with van der Waals surface area (Å²) in [5.74, 6) is 0.609. The monoisotopic (exact) mass is 832 g/mol. The molecule has 0 fully saturated rings. The van der Waals surface area contributed by atoms with Crippen LogP contribution >= 0.6 is 22.7 Å². The predicted molar refractivity (Wildman–Crippen MR) is 273 cm³/mol. The van der Waals surface area contributed by atoms with Gasteiger partial charge in [0.25, 0.3) is 0 Å². The van der Waals surface area contributed by atoms with Crippen LogP contribution in [0.3, 0.4) is 0 Å². The Bertz CT molecular complexity index is 3410. The Labute approximate surface area is 369 Å². The van der Waals surface area contributed by atoms with Crippen LogP contribution in [0.4, 0.5) is 34.1 Å². The lowest BCUT2D eigenvalue weighted by Gasteiger charge is -2.31. The van der Waals surface area contributed by atoms with Crippen molar-refractivity contribution in [2.75, 3.05) is 9.80 Å². The minimum absolute atomic E-state index is 0.305. The smallest absolute Gasteiger partial charge is 0.0543 e. The number of benzene rings is 10. The van der Waals surface area contributed by atoms with E-state index in [-0.39, 0.29) is 0 Å². The maximum Gasteiger partial charge on any atom is 0.0543 e. The molecule has 0 bridgehead atoms. The van der Waals surface area contributed by atoms with E-state index >= 15 is 0 Å². The molecule has 0 aliphatic heterocycles. The van der Waals surface area contributed by atoms with Crippen LogP contribution in [-0.2, 0) is 0 Å². The van der Waals surface area contributed by atoms with Crippen LogP contribution < -0.4 is 9.80 Å². The highest BCUT2D eigenvalue weighted by molar-refractivity contribution is 7.26. The molecular weight excluding hydrogens is 789 g/mol. The van der Waals surface area contributed by atoms with Crippen molar-refractivity contribution in [1.29, 1.82) is 0 Å². The summed E-state index contributed by atoms with van der Waals surface area (Å²) in [7, 11) is 0. The lowest BCUT2D eigenvalue weighted by atomic mass is 9.84. The van der Waals surface area contributed by atoms with Crippen LogP contribution in [0.1, 0.15) is 50.7 Å². The third-order valence-electron chi connectivity index (χ3n) is 12.9. The molecule has 2 nitrogen and oxygen atoms in total. The summed E-state index contributed by atoms with van der Waals surface area (Å²) in [6, 6.07) is 68.2. The summed E-state index contributed by atoms with van der Waals surface area (Å²) < 4.78 is 5.24. The molecule has 2 heterocycles. The van der Waals surface area contributed by atoms with Crippen molar-refractivity contribution >= 4 is 129 Å². The molecule has 4 heteroatoms. The Morgan fingerprint density at radius 2 is 0.661 bits per heavy atom. The molecule has 62 heavy (non-hydrogen) atoms. The standard InChI is InChI=1S/C58H44N2S2/c1-35(2)49-33-51(59(37-15-7-5-8-16-37)39-23-25-43-41-19-11-13-21-53(41)61-55(43)31-39)47-30-28-46-50(36(3)4)34-52(48-29-27-45(49)57(47)58(46)48)60(38-17-9-6-10-18-38)40-24-26-44-42-20-12-14-22-54(42)62-56(44)32-40/h5-36H,1-4H3. The van der Waals surface area contributed by atoms with Crippen LogP contribution in [0.25, 0.3) is 72.7 Å². The van der Waals surface area contributed by atoms with Crippen molar-refractivity contribution in [3.05, 3.63) is 193 Å². The fraction of sp³-hybridized carbons (Fsp3) is 0.103. The lowest BCUT2D eigenvalue weighted by molar-refractivity contribution is 0.875. The number of fused-ring (bicyclic) bond motifs is 6. The van der Waals surface area contributed by atoms with E-state index in [2.05, 4.69) is 219 Å². The van der Waals surface area contributed by atoms with Crippen molar-refractivity contribution in [2.24, 2.45) is 0 Å². The van der Waals surface area contributed by atoms with E-state index in [9.17, 15) is 0 Å². The SMILES string of the molecule is CC(C)c1cc(N(c2ccccc2)c2ccc3c(c2)sc2ccccc23)c2ccc3c(C(C)C)cc(N(c4ccccc4)c4ccc5c(c4)sc4ccccc45)c4ccc1c2c34. The van der Waals surface area contributed by atoms with Crippen LogP contribution in [-0.4, -0.2) is 0 Å². The van der Waals surface area contributed by atoms with Crippen LogP contribution in [0.5, 0.6) is 0 Å². The highest BCUT2D eigenvalue weighted by Crippen LogP contribution is 2.52. The van der Waals surface area contributed by atoms with Gasteiger partial charge in [0.1, 0.15) is 0 Å². The highest BCUT2D eigenvalue weighted by Gasteiger charge is 2.26. The molecule has 0 amide bonds. The Hall–Kier alpha value is -6.72. The number of hydrogen-bond acceptors (Lipinski definition) is 4. The molecule has 2 aromatic heterocycles. The molecule has 0 N–H and O–H groups in total. The molecule has 10 aromatic carbocycles. The lowest BCUT2D eigenvalue weighted by Crippen LogP contribution is -2.13. The Kier molecular flexibility index (Phi) is 8.64. The van der Waals surface area contributed by atoms with Gasteiger partial charge in [-0.25, -0.2) is 0 Å². The average molecular weight is 833 g/mol. The quantitative estimate of drug-likeness (QED) is 0.141. The fourth-order valence-corrected chi connectivity index (χ4v) is 12.3. The first-order chi connectivity index (χ1) is 30.4. The topological polar surface area (TPSA) is 6.48 Å². The molecule has 0 aliphatic carbocycles. The van der Waals surface area contributed by atoms with Gasteiger partial charge in [-0.15, -0.1) is 22.7 Å². The minimum atomic E-state index is 0.305. The van der Waals surface area contributed by atoms with Gasteiger partial charge in [0, 0.05) is 73.9 Å². The van der Waals surface area contributed by atoms with E-state index in [0.717, 1.165) is 22.7 Å². The Balaban J connectivity index is 1.16. The van der Waals surface area contributed by atoms with Gasteiger partial charge in [0.2, 0.25) is 0 Å². The van der Waals surface area contributed by atoms with Crippen molar-refractivity contribution < 1.29 is 0 Å². The third-order valence-corrected chi connectivity index (χ3v) is 15.2. The molecule has 0 saturated heterocycles. The summed E-state index contributed by atoms with van der Waals surface area (Å²) in [5, 5.41) is 13.1. The van der Waals surface area contributed by atoms with E-state index < -0.39 is 0 Å². The summed E-state index contributed by atoms with van der Waals surface area (Å²) in [6.07, 6.45) is 0. The number of rotatable bonds is 8. The minimum Gasteiger partial charge on any atom is -0.310 e. The Morgan fingerprint density at radius 1 is 0.306 bits per heavy atom. The van der Waals surface area contributed by atoms with Gasteiger partial charge in [-0.2, -0.15) is 0 Å². The second kappa shape index (κ2) is 14.4. The molecule has 12 aromatic rings. The summed E-state index contributed by atoms with van der Waals surface area (Å²) in [6.45, 7) is 9.38. The van der Waals surface area contributed by atoms with Gasteiger partial charge < -0.3 is 9.80 Å². The van der Waals surface area contributed by atoms with E-state index in [4.69, 9.17) is 0 Å². The van der Waals surface area contributed by atoms with Crippen molar-refractivity contribution in [2.45, 2.75) is 39.5 Å². The summed E-state index contributed by atoms with van der Waals surface area (Å²) in [5.41, 5.74) is 9.74. The average Bonchev–Trinajstić information content (AvgIpc) is 3.87. The number of thiophene rings is 2. The van der Waals surface area contributed by atoms with Crippen molar-refractivity contribution in [3.8, 4) is 0 Å². The third kappa shape index (κ3) is 5.74. The Morgan fingerprint density at radius 3 is 1.08 bits per heavy atom. The van der Waals surface area contributed by atoms with E-state index in [0.29, 0.717) is 11.8 Å². The first-order valence-electron chi connectivity index (χ1n) is 21.7. The van der Waals surface area contributed by atoms with E-state index in [1.165, 1.54) is 95.2 Å². The molecule has 298 valence electrons. The highest BCUT2D eigenvalue weighted by atomic mass is 32.1. The maximum absolute atomic E-state index is 2.50. The van der Waals surface area contributed by atoms with Crippen molar-refractivity contribution in [3.63, 3.8) is 0 Å². The summed E-state index contributed by atoms with van der Waals surface area (Å²) >= 11 is 3.75. The zero-order valence-electron chi connectivity index (χ0n) is 35.2. The van der Waals surface area contributed by atoms with E-state index in [1.807, 2.05) is 22.7 Å². The fourth-order valence-electron chi connectivity index (χ4n) is 10.1. The zero-order valence-corrected chi connectivity index (χ0v) is 36.8. The number of anilines is 6.